The minimum atomic E-state index is 1.04. The summed E-state index contributed by atoms with van der Waals surface area (Å²) in [6.07, 6.45) is 5.97. The fourth-order valence-corrected chi connectivity index (χ4v) is 1.95. The summed E-state index contributed by atoms with van der Waals surface area (Å²) in [6.45, 7) is 2.09. The Labute approximate surface area is 94.2 Å². The van der Waals surface area contributed by atoms with Crippen molar-refractivity contribution >= 4 is 5.52 Å². The molecule has 0 N–H and O–H groups in total. The zero-order valence-corrected chi connectivity index (χ0v) is 9.09. The summed E-state index contributed by atoms with van der Waals surface area (Å²) in [5.41, 5.74) is 4.65. The maximum absolute atomic E-state index is 4.42. The van der Waals surface area contributed by atoms with E-state index in [1.807, 2.05) is 18.3 Å². The monoisotopic (exact) mass is 208 g/mol. The van der Waals surface area contributed by atoms with Crippen molar-refractivity contribution in [1.82, 2.24) is 9.38 Å². The first-order valence-corrected chi connectivity index (χ1v) is 5.33. The van der Waals surface area contributed by atoms with Crippen LogP contribution in [0.5, 0.6) is 0 Å². The molecule has 0 unspecified atom stereocenters. The topological polar surface area (TPSA) is 17.3 Å². The van der Waals surface area contributed by atoms with E-state index in [0.717, 1.165) is 5.69 Å². The maximum Gasteiger partial charge on any atom is 0.0726 e. The summed E-state index contributed by atoms with van der Waals surface area (Å²) >= 11 is 0. The van der Waals surface area contributed by atoms with E-state index >= 15 is 0 Å². The van der Waals surface area contributed by atoms with Crippen LogP contribution in [0.3, 0.4) is 0 Å². The molecule has 0 radical (unpaired) electrons. The van der Waals surface area contributed by atoms with Gasteiger partial charge in [0, 0.05) is 24.2 Å². The van der Waals surface area contributed by atoms with Gasteiger partial charge >= 0.3 is 0 Å². The van der Waals surface area contributed by atoms with Crippen molar-refractivity contribution in [3.8, 4) is 11.3 Å². The van der Waals surface area contributed by atoms with Crippen LogP contribution in [0.2, 0.25) is 0 Å². The summed E-state index contributed by atoms with van der Waals surface area (Å²) in [7, 11) is 0. The molecule has 3 aromatic rings. The summed E-state index contributed by atoms with van der Waals surface area (Å²) in [5, 5.41) is 0. The smallest absolute Gasteiger partial charge is 0.0726 e. The standard InChI is InChI=1S/C14H12N2/c1-11-5-7-15-13(10-11)12-6-9-16-8-3-2-4-14(12)16/h2-10H,1H3. The minimum Gasteiger partial charge on any atom is -0.323 e. The van der Waals surface area contributed by atoms with Gasteiger partial charge < -0.3 is 4.40 Å². The highest BCUT2D eigenvalue weighted by Crippen LogP contribution is 2.24. The van der Waals surface area contributed by atoms with Crippen LogP contribution in [0.15, 0.2) is 55.0 Å². The van der Waals surface area contributed by atoms with E-state index in [4.69, 9.17) is 0 Å². The zero-order valence-electron chi connectivity index (χ0n) is 9.09. The van der Waals surface area contributed by atoms with Gasteiger partial charge in [-0.1, -0.05) is 6.07 Å². The highest BCUT2D eigenvalue weighted by molar-refractivity contribution is 5.78. The number of nitrogens with zero attached hydrogens (tertiary/aromatic N) is 2. The third kappa shape index (κ3) is 1.39. The molecule has 16 heavy (non-hydrogen) atoms. The highest BCUT2D eigenvalue weighted by atomic mass is 14.9. The second-order valence-corrected chi connectivity index (χ2v) is 3.94. The molecular formula is C14H12N2. The average Bonchev–Trinajstić information content (AvgIpc) is 2.72. The summed E-state index contributed by atoms with van der Waals surface area (Å²) in [5.74, 6) is 0. The minimum absolute atomic E-state index is 1.04. The Morgan fingerprint density at radius 1 is 1.06 bits per heavy atom. The van der Waals surface area contributed by atoms with Crippen LogP contribution >= 0.6 is 0 Å². The molecule has 0 aliphatic heterocycles. The Morgan fingerprint density at radius 3 is 2.88 bits per heavy atom. The Bertz CT molecular complexity index is 638. The first kappa shape index (κ1) is 9.16. The molecule has 0 saturated heterocycles. The average molecular weight is 208 g/mol. The fourth-order valence-electron chi connectivity index (χ4n) is 1.95. The van der Waals surface area contributed by atoms with Gasteiger partial charge in [-0.15, -0.1) is 0 Å². The van der Waals surface area contributed by atoms with Crippen molar-refractivity contribution in [3.63, 3.8) is 0 Å². The number of hydrogen-bond donors (Lipinski definition) is 0. The molecular weight excluding hydrogens is 196 g/mol. The number of fused-ring (bicyclic) bond motifs is 1. The highest BCUT2D eigenvalue weighted by Gasteiger charge is 2.05. The third-order valence-corrected chi connectivity index (χ3v) is 2.76. The van der Waals surface area contributed by atoms with Gasteiger partial charge in [0.25, 0.3) is 0 Å². The normalized spacial score (nSPS) is 10.8. The van der Waals surface area contributed by atoms with E-state index in [-0.39, 0.29) is 0 Å². The van der Waals surface area contributed by atoms with Crippen LogP contribution in [0, 0.1) is 6.92 Å². The van der Waals surface area contributed by atoms with Crippen LogP contribution in [-0.2, 0) is 0 Å². The van der Waals surface area contributed by atoms with Crippen molar-refractivity contribution in [2.45, 2.75) is 6.92 Å². The molecule has 0 aromatic carbocycles. The van der Waals surface area contributed by atoms with E-state index in [1.165, 1.54) is 16.6 Å². The molecule has 3 aromatic heterocycles. The van der Waals surface area contributed by atoms with Crippen LogP contribution in [0.1, 0.15) is 5.56 Å². The molecule has 0 fully saturated rings. The van der Waals surface area contributed by atoms with Gasteiger partial charge in [-0.2, -0.15) is 0 Å². The maximum atomic E-state index is 4.42. The van der Waals surface area contributed by atoms with E-state index < -0.39 is 0 Å². The van der Waals surface area contributed by atoms with E-state index in [2.05, 4.69) is 53.0 Å². The van der Waals surface area contributed by atoms with Crippen molar-refractivity contribution in [3.05, 3.63) is 60.6 Å². The van der Waals surface area contributed by atoms with Crippen molar-refractivity contribution in [2.24, 2.45) is 0 Å². The van der Waals surface area contributed by atoms with Gasteiger partial charge in [-0.25, -0.2) is 0 Å². The molecule has 3 rings (SSSR count). The molecule has 0 spiro atoms. The lowest BCUT2D eigenvalue weighted by Crippen LogP contribution is -1.84. The van der Waals surface area contributed by atoms with Crippen molar-refractivity contribution in [2.75, 3.05) is 0 Å². The van der Waals surface area contributed by atoms with Crippen LogP contribution in [0.25, 0.3) is 16.8 Å². The Morgan fingerprint density at radius 2 is 2.00 bits per heavy atom. The molecule has 0 saturated carbocycles. The molecule has 0 aliphatic carbocycles. The predicted molar refractivity (Wildman–Crippen MR) is 65.4 cm³/mol. The number of aromatic nitrogens is 2. The van der Waals surface area contributed by atoms with Gasteiger partial charge in [-0.05, 0) is 42.8 Å². The van der Waals surface area contributed by atoms with Crippen LogP contribution in [0.4, 0.5) is 0 Å². The predicted octanol–water partition coefficient (Wildman–Crippen LogP) is 3.31. The van der Waals surface area contributed by atoms with Crippen LogP contribution in [-0.4, -0.2) is 9.38 Å². The van der Waals surface area contributed by atoms with Gasteiger partial charge in [0.2, 0.25) is 0 Å². The van der Waals surface area contributed by atoms with Crippen molar-refractivity contribution < 1.29 is 0 Å². The van der Waals surface area contributed by atoms with Crippen LogP contribution < -0.4 is 0 Å². The summed E-state index contributed by atoms with van der Waals surface area (Å²) < 4.78 is 2.11. The van der Waals surface area contributed by atoms with E-state index in [0.29, 0.717) is 0 Å². The number of pyridine rings is 2. The molecule has 2 nitrogen and oxygen atoms in total. The van der Waals surface area contributed by atoms with Gasteiger partial charge in [-0.3, -0.25) is 4.98 Å². The first-order chi connectivity index (χ1) is 7.84. The van der Waals surface area contributed by atoms with E-state index in [9.17, 15) is 0 Å². The number of hydrogen-bond acceptors (Lipinski definition) is 1. The number of aryl methyl sites for hydroxylation is 1. The second-order valence-electron chi connectivity index (χ2n) is 3.94. The lowest BCUT2D eigenvalue weighted by molar-refractivity contribution is 1.20. The largest absolute Gasteiger partial charge is 0.323 e. The lowest BCUT2D eigenvalue weighted by atomic mass is 10.1. The SMILES string of the molecule is Cc1ccnc(-c2ccn3ccccc23)c1. The Balaban J connectivity index is 2.26. The van der Waals surface area contributed by atoms with E-state index in [1.54, 1.807) is 0 Å². The molecule has 3 heterocycles. The second kappa shape index (κ2) is 3.49. The molecule has 2 heteroatoms. The zero-order chi connectivity index (χ0) is 11.0. The van der Waals surface area contributed by atoms with Crippen molar-refractivity contribution in [1.29, 1.82) is 0 Å². The third-order valence-electron chi connectivity index (χ3n) is 2.76. The summed E-state index contributed by atoms with van der Waals surface area (Å²) in [6, 6.07) is 12.4. The molecule has 78 valence electrons. The Hall–Kier alpha value is -2.09. The molecule has 0 bridgehead atoms. The van der Waals surface area contributed by atoms with Gasteiger partial charge in [0.1, 0.15) is 0 Å². The van der Waals surface area contributed by atoms with Gasteiger partial charge in [0.15, 0.2) is 0 Å². The quantitative estimate of drug-likeness (QED) is 0.599. The molecule has 0 amide bonds. The number of rotatable bonds is 1. The lowest BCUT2D eigenvalue weighted by Gasteiger charge is -2.00. The molecule has 0 aliphatic rings. The molecule has 0 atom stereocenters. The first-order valence-electron chi connectivity index (χ1n) is 5.33. The van der Waals surface area contributed by atoms with Gasteiger partial charge in [0.05, 0.1) is 11.2 Å². The Kier molecular flexibility index (Phi) is 2.00. The fraction of sp³-hybridized carbons (Fsp3) is 0.0714. The summed E-state index contributed by atoms with van der Waals surface area (Å²) in [4.78, 5) is 4.42.